The number of aromatic nitrogens is 3. The Morgan fingerprint density at radius 3 is 2.58 bits per heavy atom. The summed E-state index contributed by atoms with van der Waals surface area (Å²) in [6.07, 6.45) is 1.73. The SMILES string of the molecule is Nc1cc(F)c(Sc2nnc3ccccn23)c(F)c1. The summed E-state index contributed by atoms with van der Waals surface area (Å²) in [7, 11) is 0. The summed E-state index contributed by atoms with van der Waals surface area (Å²) in [4.78, 5) is -0.146. The molecule has 19 heavy (non-hydrogen) atoms. The molecule has 0 bridgehead atoms. The van der Waals surface area contributed by atoms with E-state index in [1.54, 1.807) is 22.7 Å². The Bertz CT molecular complexity index is 733. The molecule has 1 aromatic carbocycles. The highest BCUT2D eigenvalue weighted by molar-refractivity contribution is 7.99. The molecule has 0 saturated carbocycles. The fourth-order valence-electron chi connectivity index (χ4n) is 1.66. The van der Waals surface area contributed by atoms with Gasteiger partial charge in [0.1, 0.15) is 11.6 Å². The molecule has 2 N–H and O–H groups in total. The monoisotopic (exact) mass is 278 g/mol. The van der Waals surface area contributed by atoms with Gasteiger partial charge in [0, 0.05) is 11.9 Å². The minimum atomic E-state index is -0.713. The third kappa shape index (κ3) is 2.12. The van der Waals surface area contributed by atoms with E-state index in [1.165, 1.54) is 0 Å². The molecule has 0 amide bonds. The molecule has 0 saturated heterocycles. The molecule has 4 nitrogen and oxygen atoms in total. The van der Waals surface area contributed by atoms with E-state index in [9.17, 15) is 8.78 Å². The van der Waals surface area contributed by atoms with Crippen LogP contribution in [0, 0.1) is 11.6 Å². The zero-order valence-corrected chi connectivity index (χ0v) is 10.4. The van der Waals surface area contributed by atoms with Crippen LogP contribution < -0.4 is 5.73 Å². The van der Waals surface area contributed by atoms with Crippen LogP contribution in [0.1, 0.15) is 0 Å². The van der Waals surface area contributed by atoms with Gasteiger partial charge in [0.15, 0.2) is 5.65 Å². The molecule has 0 aliphatic carbocycles. The number of anilines is 1. The van der Waals surface area contributed by atoms with Crippen LogP contribution in [0.3, 0.4) is 0 Å². The number of fused-ring (bicyclic) bond motifs is 1. The van der Waals surface area contributed by atoms with Crippen LogP contribution in [-0.4, -0.2) is 14.6 Å². The van der Waals surface area contributed by atoms with Crippen LogP contribution in [0.4, 0.5) is 14.5 Å². The Kier molecular flexibility index (Phi) is 2.83. The highest BCUT2D eigenvalue weighted by Crippen LogP contribution is 2.32. The van der Waals surface area contributed by atoms with Crippen molar-refractivity contribution in [3.8, 4) is 0 Å². The molecule has 0 spiro atoms. The number of nitrogens with zero attached hydrogens (tertiary/aromatic N) is 3. The van der Waals surface area contributed by atoms with Crippen LogP contribution in [0.25, 0.3) is 5.65 Å². The van der Waals surface area contributed by atoms with Gasteiger partial charge in [-0.1, -0.05) is 6.07 Å². The zero-order valence-electron chi connectivity index (χ0n) is 9.55. The molecule has 0 aliphatic heterocycles. The molecule has 2 aromatic heterocycles. The highest BCUT2D eigenvalue weighted by atomic mass is 32.2. The highest BCUT2D eigenvalue weighted by Gasteiger charge is 2.15. The first-order chi connectivity index (χ1) is 9.15. The van der Waals surface area contributed by atoms with Crippen molar-refractivity contribution in [3.63, 3.8) is 0 Å². The summed E-state index contributed by atoms with van der Waals surface area (Å²) in [5, 5.41) is 8.21. The molecule has 0 aliphatic rings. The van der Waals surface area contributed by atoms with Gasteiger partial charge in [-0.3, -0.25) is 4.40 Å². The molecule has 0 atom stereocenters. The van der Waals surface area contributed by atoms with Crippen LogP contribution in [0.5, 0.6) is 0 Å². The molecule has 0 fully saturated rings. The molecule has 0 unspecified atom stereocenters. The lowest BCUT2D eigenvalue weighted by Gasteiger charge is -2.04. The maximum absolute atomic E-state index is 13.7. The largest absolute Gasteiger partial charge is 0.399 e. The third-order valence-electron chi connectivity index (χ3n) is 2.50. The second kappa shape index (κ2) is 4.51. The fraction of sp³-hybridized carbons (Fsp3) is 0. The Balaban J connectivity index is 2.06. The van der Waals surface area contributed by atoms with Crippen molar-refractivity contribution in [3.05, 3.63) is 48.2 Å². The molecule has 3 rings (SSSR count). The van der Waals surface area contributed by atoms with Crippen LogP contribution in [0.2, 0.25) is 0 Å². The van der Waals surface area contributed by atoms with Crippen molar-refractivity contribution >= 4 is 23.1 Å². The summed E-state index contributed by atoms with van der Waals surface area (Å²) in [6, 6.07) is 7.51. The van der Waals surface area contributed by atoms with E-state index in [4.69, 9.17) is 5.73 Å². The molecule has 3 aromatic rings. The normalized spacial score (nSPS) is 11.1. The fourth-order valence-corrected chi connectivity index (χ4v) is 2.49. The third-order valence-corrected chi connectivity index (χ3v) is 3.55. The average molecular weight is 278 g/mol. The van der Waals surface area contributed by atoms with E-state index in [1.807, 2.05) is 6.07 Å². The summed E-state index contributed by atoms with van der Waals surface area (Å²) in [5.41, 5.74) is 6.03. The van der Waals surface area contributed by atoms with Crippen LogP contribution in [0.15, 0.2) is 46.6 Å². The topological polar surface area (TPSA) is 56.2 Å². The lowest BCUT2D eigenvalue weighted by atomic mass is 10.3. The standard InChI is InChI=1S/C12H8F2N4S/c13-8-5-7(15)6-9(14)11(8)19-12-17-16-10-3-1-2-4-18(10)12/h1-6H,15H2. The average Bonchev–Trinajstić information content (AvgIpc) is 2.77. The van der Waals surface area contributed by atoms with Crippen molar-refractivity contribution in [2.45, 2.75) is 10.1 Å². The number of nitrogen functional groups attached to an aromatic ring is 1. The lowest BCUT2D eigenvalue weighted by Crippen LogP contribution is -1.94. The van der Waals surface area contributed by atoms with E-state index in [-0.39, 0.29) is 10.6 Å². The molecule has 0 radical (unpaired) electrons. The predicted molar refractivity (Wildman–Crippen MR) is 67.9 cm³/mol. The first kappa shape index (κ1) is 11.9. The summed E-state index contributed by atoms with van der Waals surface area (Å²) in [6.45, 7) is 0. The first-order valence-electron chi connectivity index (χ1n) is 5.37. The van der Waals surface area contributed by atoms with Crippen LogP contribution in [-0.2, 0) is 0 Å². The second-order valence-electron chi connectivity index (χ2n) is 3.83. The Hall–Kier alpha value is -2.15. The number of hydrogen-bond acceptors (Lipinski definition) is 4. The molecular weight excluding hydrogens is 270 g/mol. The van der Waals surface area contributed by atoms with E-state index in [0.29, 0.717) is 10.8 Å². The van der Waals surface area contributed by atoms with E-state index in [0.717, 1.165) is 23.9 Å². The Morgan fingerprint density at radius 1 is 1.11 bits per heavy atom. The smallest absolute Gasteiger partial charge is 0.200 e. The van der Waals surface area contributed by atoms with E-state index in [2.05, 4.69) is 10.2 Å². The van der Waals surface area contributed by atoms with Crippen molar-refractivity contribution in [1.82, 2.24) is 14.6 Å². The molecule has 2 heterocycles. The van der Waals surface area contributed by atoms with Gasteiger partial charge in [-0.2, -0.15) is 0 Å². The lowest BCUT2D eigenvalue weighted by molar-refractivity contribution is 0.541. The second-order valence-corrected chi connectivity index (χ2v) is 4.80. The van der Waals surface area contributed by atoms with Gasteiger partial charge in [-0.05, 0) is 36.0 Å². The number of hydrogen-bond donors (Lipinski definition) is 1. The number of pyridine rings is 1. The molecular formula is C12H8F2N4S. The first-order valence-corrected chi connectivity index (χ1v) is 6.19. The minimum absolute atomic E-state index is 0.0467. The summed E-state index contributed by atoms with van der Waals surface area (Å²) in [5.74, 6) is -1.43. The number of benzene rings is 1. The van der Waals surface area contributed by atoms with Gasteiger partial charge in [0.05, 0.1) is 4.90 Å². The molecule has 7 heteroatoms. The zero-order chi connectivity index (χ0) is 13.4. The van der Waals surface area contributed by atoms with Crippen molar-refractivity contribution in [2.24, 2.45) is 0 Å². The van der Waals surface area contributed by atoms with Crippen molar-refractivity contribution < 1.29 is 8.78 Å². The maximum Gasteiger partial charge on any atom is 0.200 e. The minimum Gasteiger partial charge on any atom is -0.399 e. The number of halogens is 2. The van der Waals surface area contributed by atoms with Gasteiger partial charge in [-0.15, -0.1) is 10.2 Å². The predicted octanol–water partition coefficient (Wildman–Crippen LogP) is 2.74. The van der Waals surface area contributed by atoms with Crippen LogP contribution >= 0.6 is 11.8 Å². The molecule has 96 valence electrons. The van der Waals surface area contributed by atoms with Gasteiger partial charge in [0.25, 0.3) is 0 Å². The number of rotatable bonds is 2. The van der Waals surface area contributed by atoms with Crippen molar-refractivity contribution in [1.29, 1.82) is 0 Å². The Morgan fingerprint density at radius 2 is 1.84 bits per heavy atom. The van der Waals surface area contributed by atoms with E-state index < -0.39 is 11.6 Å². The van der Waals surface area contributed by atoms with E-state index >= 15 is 0 Å². The van der Waals surface area contributed by atoms with Crippen molar-refractivity contribution in [2.75, 3.05) is 5.73 Å². The number of nitrogens with two attached hydrogens (primary N) is 1. The summed E-state index contributed by atoms with van der Waals surface area (Å²) < 4.78 is 29.1. The summed E-state index contributed by atoms with van der Waals surface area (Å²) >= 11 is 0.869. The Labute approximate surface area is 111 Å². The van der Waals surface area contributed by atoms with Gasteiger partial charge >= 0.3 is 0 Å². The maximum atomic E-state index is 13.7. The quantitative estimate of drug-likeness (QED) is 0.732. The van der Waals surface area contributed by atoms with Gasteiger partial charge in [-0.25, -0.2) is 8.78 Å². The van der Waals surface area contributed by atoms with Gasteiger partial charge in [0.2, 0.25) is 5.16 Å². The van der Waals surface area contributed by atoms with Gasteiger partial charge < -0.3 is 5.73 Å².